The minimum atomic E-state index is -0.219. The molecule has 5 aliphatic carbocycles. The van der Waals surface area contributed by atoms with Crippen LogP contribution in [0.2, 0.25) is 0 Å². The van der Waals surface area contributed by atoms with E-state index in [1.807, 2.05) is 68.5 Å². The average molecular weight is 871 g/mol. The fourth-order valence-corrected chi connectivity index (χ4v) is 8.45. The molecule has 1 N–H and O–H groups in total. The van der Waals surface area contributed by atoms with Crippen molar-refractivity contribution in [1.82, 2.24) is 0 Å². The van der Waals surface area contributed by atoms with Gasteiger partial charge in [0.2, 0.25) is 0 Å². The Hall–Kier alpha value is -5.89. The Morgan fingerprint density at radius 1 is 0.523 bits per heavy atom. The molecule has 0 saturated carbocycles. The molecule has 0 aromatic heterocycles. The Balaban J connectivity index is 0.000000135. The number of aliphatic hydroxyl groups is 1. The van der Waals surface area contributed by atoms with Crippen LogP contribution in [0, 0.1) is 0 Å². The Labute approximate surface area is 387 Å². The molecule has 5 atom stereocenters. The highest BCUT2D eigenvalue weighted by Gasteiger charge is 2.30. The van der Waals surface area contributed by atoms with Crippen LogP contribution in [-0.4, -0.2) is 31.4 Å². The van der Waals surface area contributed by atoms with Crippen molar-refractivity contribution in [3.8, 4) is 0 Å². The van der Waals surface area contributed by atoms with Crippen molar-refractivity contribution < 1.29 is 28.8 Å². The Morgan fingerprint density at radius 3 is 1.22 bits per heavy atom. The van der Waals surface area contributed by atoms with Crippen molar-refractivity contribution in [3.05, 3.63) is 207 Å². The highest BCUT2D eigenvalue weighted by molar-refractivity contribution is 5.70. The van der Waals surface area contributed by atoms with Crippen LogP contribution in [-0.2, 0) is 55.8 Å². The number of benzene rings is 5. The lowest BCUT2D eigenvalue weighted by Gasteiger charge is -2.30. The van der Waals surface area contributed by atoms with E-state index in [0.29, 0.717) is 24.7 Å². The maximum Gasteiger partial charge on any atom is 0.306 e. The van der Waals surface area contributed by atoms with Crippen molar-refractivity contribution in [3.63, 3.8) is 0 Å². The molecule has 10 rings (SSSR count). The van der Waals surface area contributed by atoms with Crippen LogP contribution in [0.1, 0.15) is 148 Å². The van der Waals surface area contributed by atoms with Gasteiger partial charge in [-0.2, -0.15) is 0 Å². The van der Waals surface area contributed by atoms with E-state index in [4.69, 9.17) is 18.9 Å². The van der Waals surface area contributed by atoms with Gasteiger partial charge in [0.15, 0.2) is 0 Å². The maximum absolute atomic E-state index is 11.1. The predicted octanol–water partition coefficient (Wildman–Crippen LogP) is 13.7. The fourth-order valence-electron chi connectivity index (χ4n) is 8.45. The molecule has 5 aromatic rings. The molecule has 0 saturated heterocycles. The summed E-state index contributed by atoms with van der Waals surface area (Å²) in [7, 11) is 1.76. The standard InChI is InChI=1S/C13H14O2.C13H16O.C12H14O.C11H12O.C10H10O/c1-3-9-5-6-11-10(7-9)8-12(11)15-13(14)4-2;1-3-7-14-13-9-11-8-10(4-2)5-6-12(11)13;1-3-9-5-6-11-10(7-9)8-12(11)13-4-2;1-3-8-4-5-10-9(6-8)7-11(10)12-2;1-2-7-3-4-9-8(5-7)6-10(9)11/h3,5-7,12H,1,4,8H2,2H3;4-6,8,13H,2-3,7,9H2,1H3;3,5-7,12H,1,4,8H2,2H3;3-6,11H,1,7H2,2H3;2-5,10-11H,1,6H2. The molecule has 0 radical (unpaired) electrons. The van der Waals surface area contributed by atoms with E-state index < -0.39 is 0 Å². The average Bonchev–Trinajstić information content (AvgIpc) is 3.30. The number of esters is 1. The highest BCUT2D eigenvalue weighted by atomic mass is 16.5. The number of carbonyl (C=O) groups excluding carboxylic acids is 1. The summed E-state index contributed by atoms with van der Waals surface area (Å²) in [5, 5.41) is 9.24. The van der Waals surface area contributed by atoms with Gasteiger partial charge in [-0.15, -0.1) is 0 Å². The van der Waals surface area contributed by atoms with E-state index in [1.54, 1.807) is 7.11 Å². The molecule has 338 valence electrons. The van der Waals surface area contributed by atoms with Gasteiger partial charge in [0.1, 0.15) is 6.10 Å². The molecule has 0 spiro atoms. The van der Waals surface area contributed by atoms with Crippen molar-refractivity contribution in [2.45, 2.75) is 96.2 Å². The monoisotopic (exact) mass is 870 g/mol. The van der Waals surface area contributed by atoms with Gasteiger partial charge >= 0.3 is 5.97 Å². The smallest absolute Gasteiger partial charge is 0.306 e. The SMILES string of the molecule is C=Cc1ccc2c(c1)CC2O.C=Cc1ccc2c(c1)CC2OC.C=Cc1ccc2c(c1)CC2OC(=O)CC.C=Cc1ccc2c(c1)CC2OCC.C=Cc1ccc2c(c1)CC2OCCC. The molecular weight excluding hydrogens is 805 g/mol. The normalized spacial score (nSPS) is 18.9. The van der Waals surface area contributed by atoms with Crippen molar-refractivity contribution >= 4 is 36.3 Å². The predicted molar refractivity (Wildman–Crippen MR) is 268 cm³/mol. The molecule has 6 heteroatoms. The van der Waals surface area contributed by atoms with Crippen molar-refractivity contribution in [2.24, 2.45) is 0 Å². The lowest BCUT2D eigenvalue weighted by Crippen LogP contribution is -2.22. The van der Waals surface area contributed by atoms with Crippen LogP contribution in [0.15, 0.2) is 124 Å². The fraction of sp³-hybridized carbons (Fsp3) is 0.305. The van der Waals surface area contributed by atoms with Crippen molar-refractivity contribution in [1.29, 1.82) is 0 Å². The largest absolute Gasteiger partial charge is 0.457 e. The van der Waals surface area contributed by atoms with Gasteiger partial charge in [0.05, 0.1) is 24.4 Å². The van der Waals surface area contributed by atoms with Crippen LogP contribution in [0.3, 0.4) is 0 Å². The Morgan fingerprint density at radius 2 is 0.877 bits per heavy atom. The van der Waals surface area contributed by atoms with Gasteiger partial charge in [0.25, 0.3) is 0 Å². The number of hydrogen-bond acceptors (Lipinski definition) is 6. The zero-order chi connectivity index (χ0) is 46.5. The first-order valence-electron chi connectivity index (χ1n) is 23.0. The van der Waals surface area contributed by atoms with Crippen LogP contribution in [0.4, 0.5) is 0 Å². The lowest BCUT2D eigenvalue weighted by atomic mass is 9.84. The number of carbonyl (C=O) groups is 1. The molecule has 5 aliphatic rings. The van der Waals surface area contributed by atoms with E-state index in [0.717, 1.165) is 74.0 Å². The zero-order valence-electron chi connectivity index (χ0n) is 38.8. The first kappa shape index (κ1) is 48.6. The molecule has 0 fully saturated rings. The first-order valence-corrected chi connectivity index (χ1v) is 23.0. The molecule has 0 heterocycles. The third-order valence-electron chi connectivity index (χ3n) is 12.5. The second-order valence-electron chi connectivity index (χ2n) is 16.7. The van der Waals surface area contributed by atoms with E-state index >= 15 is 0 Å². The molecule has 65 heavy (non-hydrogen) atoms. The number of hydrogen-bond donors (Lipinski definition) is 1. The summed E-state index contributed by atoms with van der Waals surface area (Å²) in [5.74, 6) is -0.126. The first-order chi connectivity index (χ1) is 31.6. The quantitative estimate of drug-likeness (QED) is 0.119. The molecule has 5 unspecified atom stereocenters. The summed E-state index contributed by atoms with van der Waals surface area (Å²) in [5.41, 5.74) is 18.9. The lowest BCUT2D eigenvalue weighted by molar-refractivity contribution is -0.150. The number of rotatable bonds is 13. The Kier molecular flexibility index (Phi) is 17.4. The van der Waals surface area contributed by atoms with Crippen LogP contribution >= 0.6 is 0 Å². The second-order valence-corrected chi connectivity index (χ2v) is 16.7. The molecule has 5 aromatic carbocycles. The van der Waals surface area contributed by atoms with Gasteiger partial charge in [-0.05, 0) is 96.8 Å². The molecule has 0 aliphatic heterocycles. The van der Waals surface area contributed by atoms with Crippen LogP contribution in [0.5, 0.6) is 0 Å². The molecule has 6 nitrogen and oxygen atoms in total. The number of fused-ring (bicyclic) bond motifs is 5. The van der Waals surface area contributed by atoms with E-state index in [9.17, 15) is 9.90 Å². The summed E-state index contributed by atoms with van der Waals surface area (Å²) in [6.07, 6.45) is 16.4. The number of ether oxygens (including phenoxy) is 4. The third kappa shape index (κ3) is 11.9. The highest BCUT2D eigenvalue weighted by Crippen LogP contribution is 2.39. The van der Waals surface area contributed by atoms with Crippen LogP contribution in [0.25, 0.3) is 30.4 Å². The summed E-state index contributed by atoms with van der Waals surface area (Å²) in [4.78, 5) is 11.1. The van der Waals surface area contributed by atoms with Gasteiger partial charge < -0.3 is 24.1 Å². The zero-order valence-corrected chi connectivity index (χ0v) is 38.8. The summed E-state index contributed by atoms with van der Waals surface area (Å²) < 4.78 is 21.8. The van der Waals surface area contributed by atoms with Crippen molar-refractivity contribution in [2.75, 3.05) is 20.3 Å². The summed E-state index contributed by atoms with van der Waals surface area (Å²) in [6.45, 7) is 26.3. The maximum atomic E-state index is 11.1. The second kappa shape index (κ2) is 23.3. The minimum absolute atomic E-state index is 0.0219. The molecule has 0 bridgehead atoms. The topological polar surface area (TPSA) is 74.2 Å². The van der Waals surface area contributed by atoms with Gasteiger partial charge in [-0.25, -0.2) is 0 Å². The Bertz CT molecular complexity index is 2490. The molecule has 0 amide bonds. The van der Waals surface area contributed by atoms with Gasteiger partial charge in [-0.1, -0.05) is 168 Å². The third-order valence-corrected chi connectivity index (χ3v) is 12.5. The van der Waals surface area contributed by atoms with E-state index in [2.05, 4.69) is 107 Å². The number of methoxy groups -OCH3 is 1. The van der Waals surface area contributed by atoms with E-state index in [1.165, 1.54) is 61.2 Å². The molecular formula is C59H66O6. The summed E-state index contributed by atoms with van der Waals surface area (Å²) in [6, 6.07) is 31.4. The minimum Gasteiger partial charge on any atom is -0.457 e. The van der Waals surface area contributed by atoms with Gasteiger partial charge in [0, 0.05) is 58.8 Å². The van der Waals surface area contributed by atoms with Gasteiger partial charge in [-0.3, -0.25) is 4.79 Å². The number of aliphatic hydroxyl groups excluding tert-OH is 1. The van der Waals surface area contributed by atoms with Crippen LogP contribution < -0.4 is 0 Å². The summed E-state index contributed by atoms with van der Waals surface area (Å²) >= 11 is 0. The van der Waals surface area contributed by atoms with E-state index in [-0.39, 0.29) is 18.2 Å².